The molecule has 28 heavy (non-hydrogen) atoms. The summed E-state index contributed by atoms with van der Waals surface area (Å²) >= 11 is 0. The van der Waals surface area contributed by atoms with Gasteiger partial charge in [0.05, 0.1) is 15.5 Å². The molecule has 7 nitrogen and oxygen atoms in total. The van der Waals surface area contributed by atoms with E-state index in [4.69, 9.17) is 4.74 Å². The fourth-order valence-electron chi connectivity index (χ4n) is 2.71. The molecule has 3 aromatic carbocycles. The molecular formula is C20H18N2O5S. The van der Waals surface area contributed by atoms with Crippen molar-refractivity contribution < 1.29 is 18.1 Å². The van der Waals surface area contributed by atoms with Crippen molar-refractivity contribution in [2.75, 3.05) is 10.8 Å². The Morgan fingerprint density at radius 2 is 1.57 bits per heavy atom. The Morgan fingerprint density at radius 3 is 2.14 bits per heavy atom. The lowest BCUT2D eigenvalue weighted by Crippen LogP contribution is -2.30. The van der Waals surface area contributed by atoms with Crippen LogP contribution in [-0.4, -0.2) is 19.9 Å². The maximum absolute atomic E-state index is 13.1. The Kier molecular flexibility index (Phi) is 5.60. The van der Waals surface area contributed by atoms with Gasteiger partial charge in [-0.2, -0.15) is 0 Å². The molecule has 3 aromatic rings. The van der Waals surface area contributed by atoms with E-state index < -0.39 is 20.6 Å². The van der Waals surface area contributed by atoms with Gasteiger partial charge in [0.2, 0.25) is 5.75 Å². The van der Waals surface area contributed by atoms with Crippen molar-refractivity contribution in [2.24, 2.45) is 0 Å². The Labute approximate surface area is 163 Å². The number of hydrogen-bond acceptors (Lipinski definition) is 5. The number of nitro groups is 1. The van der Waals surface area contributed by atoms with E-state index in [0.717, 1.165) is 6.07 Å². The highest BCUT2D eigenvalue weighted by Gasteiger charge is 2.27. The van der Waals surface area contributed by atoms with Gasteiger partial charge in [-0.1, -0.05) is 36.4 Å². The fraction of sp³-hybridized carbons (Fsp3) is 0.100. The van der Waals surface area contributed by atoms with Gasteiger partial charge < -0.3 is 4.74 Å². The molecule has 0 saturated heterocycles. The highest BCUT2D eigenvalue weighted by molar-refractivity contribution is 7.92. The fourth-order valence-corrected chi connectivity index (χ4v) is 4.21. The summed E-state index contributed by atoms with van der Waals surface area (Å²) in [7, 11) is -3.98. The van der Waals surface area contributed by atoms with Gasteiger partial charge in [-0.25, -0.2) is 8.42 Å². The van der Waals surface area contributed by atoms with Crippen LogP contribution in [0.5, 0.6) is 11.5 Å². The molecule has 0 saturated carbocycles. The number of nitrogens with zero attached hydrogens (tertiary/aromatic N) is 2. The third-order valence-corrected chi connectivity index (χ3v) is 5.92. The van der Waals surface area contributed by atoms with Crippen LogP contribution in [0, 0.1) is 10.1 Å². The highest BCUT2D eigenvalue weighted by atomic mass is 32.2. The second kappa shape index (κ2) is 8.10. The lowest BCUT2D eigenvalue weighted by atomic mass is 10.3. The Hall–Kier alpha value is -3.39. The highest BCUT2D eigenvalue weighted by Crippen LogP contribution is 2.34. The van der Waals surface area contributed by atoms with E-state index in [-0.39, 0.29) is 17.2 Å². The van der Waals surface area contributed by atoms with Crippen LogP contribution in [0.15, 0.2) is 83.8 Å². The summed E-state index contributed by atoms with van der Waals surface area (Å²) in [5, 5.41) is 11.5. The van der Waals surface area contributed by atoms with Crippen molar-refractivity contribution in [1.29, 1.82) is 0 Å². The van der Waals surface area contributed by atoms with Crippen molar-refractivity contribution in [3.63, 3.8) is 0 Å². The quantitative estimate of drug-likeness (QED) is 0.428. The number of rotatable bonds is 7. The smallest absolute Gasteiger partial charge is 0.312 e. The molecule has 3 rings (SSSR count). The van der Waals surface area contributed by atoms with Crippen LogP contribution in [0.1, 0.15) is 6.92 Å². The predicted molar refractivity (Wildman–Crippen MR) is 106 cm³/mol. The van der Waals surface area contributed by atoms with Crippen molar-refractivity contribution in [2.45, 2.75) is 11.8 Å². The molecule has 0 amide bonds. The standard InChI is InChI=1S/C20H18N2O5S/c1-2-21(16-9-5-3-6-10-16)28(25,26)18-13-14-20(19(15-18)22(23)24)27-17-11-7-4-8-12-17/h3-15H,2H2,1H3. The maximum atomic E-state index is 13.1. The van der Waals surface area contributed by atoms with Crippen LogP contribution in [0.2, 0.25) is 0 Å². The molecule has 144 valence electrons. The molecule has 0 spiro atoms. The minimum atomic E-state index is -3.98. The maximum Gasteiger partial charge on any atom is 0.312 e. The molecule has 0 aliphatic rings. The zero-order valence-corrected chi connectivity index (χ0v) is 15.9. The topological polar surface area (TPSA) is 89.8 Å². The van der Waals surface area contributed by atoms with E-state index in [0.29, 0.717) is 11.4 Å². The predicted octanol–water partition coefficient (Wildman–Crippen LogP) is 4.60. The van der Waals surface area contributed by atoms with Crippen LogP contribution < -0.4 is 9.04 Å². The summed E-state index contributed by atoms with van der Waals surface area (Å²) in [6.45, 7) is 1.88. The number of anilines is 1. The van der Waals surface area contributed by atoms with Gasteiger partial charge in [0.15, 0.2) is 0 Å². The molecule has 0 N–H and O–H groups in total. The third kappa shape index (κ3) is 3.96. The summed E-state index contributed by atoms with van der Waals surface area (Å²) in [5.74, 6) is 0.388. The van der Waals surface area contributed by atoms with Crippen LogP contribution in [0.25, 0.3) is 0 Å². The average Bonchev–Trinajstić information content (AvgIpc) is 2.70. The van der Waals surface area contributed by atoms with Gasteiger partial charge in [0.1, 0.15) is 5.75 Å². The molecule has 0 aliphatic carbocycles. The second-order valence-electron chi connectivity index (χ2n) is 5.81. The Bertz CT molecular complexity index is 1070. The number of para-hydroxylation sites is 2. The molecule has 0 fully saturated rings. The summed E-state index contributed by atoms with van der Waals surface area (Å²) < 4.78 is 32.9. The average molecular weight is 398 g/mol. The first-order valence-corrected chi connectivity index (χ1v) is 9.96. The van der Waals surface area contributed by atoms with E-state index in [1.165, 1.54) is 16.4 Å². The van der Waals surface area contributed by atoms with E-state index in [9.17, 15) is 18.5 Å². The van der Waals surface area contributed by atoms with Crippen molar-refractivity contribution in [1.82, 2.24) is 0 Å². The first-order valence-electron chi connectivity index (χ1n) is 8.52. The number of hydrogen-bond donors (Lipinski definition) is 0. The molecule has 8 heteroatoms. The largest absolute Gasteiger partial charge is 0.450 e. The van der Waals surface area contributed by atoms with Gasteiger partial charge in [-0.05, 0) is 43.3 Å². The normalized spacial score (nSPS) is 11.0. The molecule has 0 bridgehead atoms. The van der Waals surface area contributed by atoms with Gasteiger partial charge in [0, 0.05) is 12.6 Å². The molecular weight excluding hydrogens is 380 g/mol. The lowest BCUT2D eigenvalue weighted by Gasteiger charge is -2.23. The molecule has 0 radical (unpaired) electrons. The first-order chi connectivity index (χ1) is 13.4. The van der Waals surface area contributed by atoms with Crippen molar-refractivity contribution in [3.8, 4) is 11.5 Å². The third-order valence-electron chi connectivity index (χ3n) is 4.02. The minimum Gasteiger partial charge on any atom is -0.450 e. The van der Waals surface area contributed by atoms with E-state index in [2.05, 4.69) is 0 Å². The van der Waals surface area contributed by atoms with Crippen LogP contribution in [0.4, 0.5) is 11.4 Å². The summed E-state index contributed by atoms with van der Waals surface area (Å²) in [5.41, 5.74) is 0.0614. The van der Waals surface area contributed by atoms with Crippen molar-refractivity contribution in [3.05, 3.63) is 89.0 Å². The number of nitro benzene ring substituents is 1. The number of ether oxygens (including phenoxy) is 1. The van der Waals surface area contributed by atoms with Crippen LogP contribution in [-0.2, 0) is 10.0 Å². The van der Waals surface area contributed by atoms with Crippen LogP contribution >= 0.6 is 0 Å². The monoisotopic (exact) mass is 398 g/mol. The van der Waals surface area contributed by atoms with Gasteiger partial charge >= 0.3 is 5.69 Å². The lowest BCUT2D eigenvalue weighted by molar-refractivity contribution is -0.385. The Morgan fingerprint density at radius 1 is 0.964 bits per heavy atom. The zero-order valence-electron chi connectivity index (χ0n) is 15.1. The van der Waals surface area contributed by atoms with E-state index in [1.54, 1.807) is 67.6 Å². The second-order valence-corrected chi connectivity index (χ2v) is 7.67. The zero-order chi connectivity index (χ0) is 20.1. The Balaban J connectivity index is 2.02. The first kappa shape index (κ1) is 19.4. The van der Waals surface area contributed by atoms with Crippen LogP contribution in [0.3, 0.4) is 0 Å². The molecule has 0 aliphatic heterocycles. The van der Waals surface area contributed by atoms with E-state index >= 15 is 0 Å². The number of benzene rings is 3. The van der Waals surface area contributed by atoms with Gasteiger partial charge in [0.25, 0.3) is 10.0 Å². The minimum absolute atomic E-state index is 0.0297. The molecule has 0 unspecified atom stereocenters. The van der Waals surface area contributed by atoms with Gasteiger partial charge in [-0.15, -0.1) is 0 Å². The molecule has 0 atom stereocenters. The molecule has 0 heterocycles. The number of sulfonamides is 1. The summed E-state index contributed by atoms with van der Waals surface area (Å²) in [4.78, 5) is 10.7. The van der Waals surface area contributed by atoms with Crippen molar-refractivity contribution >= 4 is 21.4 Å². The molecule has 0 aromatic heterocycles. The summed E-state index contributed by atoms with van der Waals surface area (Å²) in [6.07, 6.45) is 0. The van der Waals surface area contributed by atoms with E-state index in [1.807, 2.05) is 0 Å². The van der Waals surface area contributed by atoms with Gasteiger partial charge in [-0.3, -0.25) is 14.4 Å². The SMILES string of the molecule is CCN(c1ccccc1)S(=O)(=O)c1ccc(Oc2ccccc2)c([N+](=O)[O-])c1. The summed E-state index contributed by atoms with van der Waals surface area (Å²) in [6, 6.07) is 20.8.